The van der Waals surface area contributed by atoms with Crippen LogP contribution < -0.4 is 68.9 Å². The minimum absolute atomic E-state index is 0. The molecule has 2 fully saturated rings. The molecule has 0 spiro atoms. The molecule has 1 N–H and O–H groups in total. The summed E-state index contributed by atoms with van der Waals surface area (Å²) < 4.78 is 32.0. The molecule has 4 aliphatic rings. The van der Waals surface area contributed by atoms with E-state index < -0.39 is 48.7 Å². The Hall–Kier alpha value is 0.560. The number of rotatable bonds is 4. The Labute approximate surface area is 237 Å². The van der Waals surface area contributed by atoms with E-state index in [0.717, 1.165) is 0 Å². The maximum atomic E-state index is 16.9. The van der Waals surface area contributed by atoms with Crippen LogP contribution in [0, 0.1) is 22.7 Å². The molecule has 4 aliphatic carbocycles. The van der Waals surface area contributed by atoms with Crippen LogP contribution in [0.4, 0.5) is 4.39 Å². The van der Waals surface area contributed by atoms with E-state index >= 15 is 4.39 Å². The molecule has 0 saturated heterocycles. The monoisotopic (exact) mass is 498 g/mol. The Balaban J connectivity index is 0.00000193. The molecule has 7 nitrogen and oxygen atoms in total. The molecule has 170 valence electrons. The summed E-state index contributed by atoms with van der Waals surface area (Å²) in [5, 5.41) is 11.2. The van der Waals surface area contributed by atoms with Gasteiger partial charge in [0.25, 0.3) is 0 Å². The molecule has 0 radical (unpaired) electrons. The normalized spacial score (nSPS) is 39.5. The molecule has 6 atom stereocenters. The second-order valence-electron chi connectivity index (χ2n) is 9.77. The van der Waals surface area contributed by atoms with Crippen molar-refractivity contribution in [3.63, 3.8) is 0 Å². The number of hydrogen-bond acceptors (Lipinski definition) is 7. The Morgan fingerprint density at radius 1 is 1.30 bits per heavy atom. The maximum Gasteiger partial charge on any atom is 1.00 e. The first-order valence-corrected chi connectivity index (χ1v) is 11.9. The van der Waals surface area contributed by atoms with Gasteiger partial charge in [-0.05, 0) is 57.6 Å². The summed E-state index contributed by atoms with van der Waals surface area (Å²) in [7, 11) is -5.31. The SMILES string of the molecule is CC1=C(C(=O)COP(=O)([O-])[O-])[C@@]2(C)C[C@H](O)[C@@]3(F)[C@@H](CCC4=CC(=O)C=C[C@@]43C)[C@@H]2C1.[Na+].[Na+]. The van der Waals surface area contributed by atoms with Crippen LogP contribution in [-0.4, -0.2) is 35.1 Å². The first-order valence-electron chi connectivity index (χ1n) is 10.5. The van der Waals surface area contributed by atoms with Crippen molar-refractivity contribution in [1.29, 1.82) is 0 Å². The average Bonchev–Trinajstić information content (AvgIpc) is 2.91. The van der Waals surface area contributed by atoms with Gasteiger partial charge in [0.2, 0.25) is 0 Å². The molecule has 2 saturated carbocycles. The van der Waals surface area contributed by atoms with Gasteiger partial charge in [-0.25, -0.2) is 4.39 Å². The van der Waals surface area contributed by atoms with E-state index in [9.17, 15) is 29.0 Å². The van der Waals surface area contributed by atoms with Gasteiger partial charge in [0.15, 0.2) is 17.2 Å². The number of phosphoric ester groups is 1. The zero-order valence-corrected chi connectivity index (χ0v) is 24.6. The summed E-state index contributed by atoms with van der Waals surface area (Å²) >= 11 is 0. The number of Topliss-reactive ketones (excluding diaryl/α,β-unsaturated/α-hetero) is 1. The van der Waals surface area contributed by atoms with Crippen LogP contribution >= 0.6 is 7.82 Å². The van der Waals surface area contributed by atoms with Crippen LogP contribution in [0.15, 0.2) is 34.9 Å². The molecule has 0 bridgehead atoms. The molecule has 0 aliphatic heterocycles. The summed E-state index contributed by atoms with van der Waals surface area (Å²) in [5.74, 6) is -1.66. The van der Waals surface area contributed by atoms with Crippen LogP contribution in [0.25, 0.3) is 0 Å². The molecule has 4 rings (SSSR count). The zero-order chi connectivity index (χ0) is 23.0. The molecule has 0 heterocycles. The number of carbonyl (C=O) groups excluding carboxylic acids is 2. The van der Waals surface area contributed by atoms with Crippen molar-refractivity contribution in [2.75, 3.05) is 6.61 Å². The predicted octanol–water partition coefficient (Wildman–Crippen LogP) is -4.29. The van der Waals surface area contributed by atoms with E-state index in [1.54, 1.807) is 26.8 Å². The molecule has 33 heavy (non-hydrogen) atoms. The number of phosphoric acid groups is 1. The fourth-order valence-electron chi connectivity index (χ4n) is 6.91. The maximum absolute atomic E-state index is 16.9. The number of carbonyl (C=O) groups is 2. The van der Waals surface area contributed by atoms with Crippen molar-refractivity contribution in [2.24, 2.45) is 22.7 Å². The second-order valence-corrected chi connectivity index (χ2v) is 10.9. The fraction of sp³-hybridized carbons (Fsp3) is 0.636. The number of halogens is 1. The smallest absolute Gasteiger partial charge is 0.790 e. The van der Waals surface area contributed by atoms with Gasteiger partial charge < -0.3 is 24.0 Å². The van der Waals surface area contributed by atoms with Gasteiger partial charge in [-0.2, -0.15) is 0 Å². The number of aliphatic hydroxyl groups is 1. The third-order valence-electron chi connectivity index (χ3n) is 8.19. The van der Waals surface area contributed by atoms with E-state index in [1.807, 2.05) is 0 Å². The van der Waals surface area contributed by atoms with Gasteiger partial charge in [0, 0.05) is 22.3 Å². The Bertz CT molecular complexity index is 1000. The van der Waals surface area contributed by atoms with Gasteiger partial charge in [-0.1, -0.05) is 24.1 Å². The standard InChI is InChI=1S/C22H28FO7P.2Na/c1-12-8-16-15-5-4-13-9-14(24)6-7-21(13,3)22(15,23)18(26)10-20(16,2)19(12)17(25)11-30-31(27,28)29;;/h6-7,9,15-16,18,26H,4-5,8,10-11H2,1-3H3,(H2,27,28,29);;/q;2*+1/p-2/t15-,16-,18-,20-,21-,22-;;/m0../s1. The van der Waals surface area contributed by atoms with Gasteiger partial charge in [-0.15, -0.1) is 0 Å². The van der Waals surface area contributed by atoms with E-state index in [2.05, 4.69) is 4.52 Å². The van der Waals surface area contributed by atoms with Crippen LogP contribution in [0.1, 0.15) is 46.5 Å². The number of hydrogen-bond donors (Lipinski definition) is 1. The number of ketones is 2. The van der Waals surface area contributed by atoms with E-state index in [0.29, 0.717) is 36.0 Å². The van der Waals surface area contributed by atoms with Crippen LogP contribution in [-0.2, 0) is 18.7 Å². The Morgan fingerprint density at radius 2 is 1.94 bits per heavy atom. The van der Waals surface area contributed by atoms with Gasteiger partial charge in [-0.3, -0.25) is 9.59 Å². The van der Waals surface area contributed by atoms with E-state index in [1.165, 1.54) is 12.2 Å². The van der Waals surface area contributed by atoms with Crippen molar-refractivity contribution in [2.45, 2.75) is 58.2 Å². The second kappa shape index (κ2) is 9.79. The Morgan fingerprint density at radius 3 is 2.55 bits per heavy atom. The minimum Gasteiger partial charge on any atom is -0.790 e. The van der Waals surface area contributed by atoms with Crippen molar-refractivity contribution >= 4 is 19.4 Å². The minimum atomic E-state index is -5.31. The van der Waals surface area contributed by atoms with Crippen molar-refractivity contribution in [3.8, 4) is 0 Å². The largest absolute Gasteiger partial charge is 1.00 e. The van der Waals surface area contributed by atoms with Gasteiger partial charge in [0.1, 0.15) is 6.61 Å². The average molecular weight is 498 g/mol. The first kappa shape index (κ1) is 29.8. The number of allylic oxidation sites excluding steroid dienone is 5. The molecule has 0 amide bonds. The third kappa shape index (κ3) is 4.57. The third-order valence-corrected chi connectivity index (χ3v) is 8.63. The van der Waals surface area contributed by atoms with Crippen molar-refractivity contribution in [3.05, 3.63) is 34.9 Å². The molecule has 0 unspecified atom stereocenters. The zero-order valence-electron chi connectivity index (χ0n) is 19.7. The molecule has 0 aromatic rings. The summed E-state index contributed by atoms with van der Waals surface area (Å²) in [5.41, 5.74) is -2.29. The fourth-order valence-corrected chi connectivity index (χ4v) is 7.19. The quantitative estimate of drug-likeness (QED) is 0.307. The number of alkyl halides is 1. The molecular formula is C22H26FNa2O7P. The summed E-state index contributed by atoms with van der Waals surface area (Å²) in [6.07, 6.45) is 4.34. The molecular weight excluding hydrogens is 472 g/mol. The van der Waals surface area contributed by atoms with Crippen molar-refractivity contribution in [1.82, 2.24) is 0 Å². The van der Waals surface area contributed by atoms with Crippen LogP contribution in [0.2, 0.25) is 0 Å². The number of fused-ring (bicyclic) bond motifs is 5. The van der Waals surface area contributed by atoms with E-state index in [-0.39, 0.29) is 77.2 Å². The predicted molar refractivity (Wildman–Crippen MR) is 105 cm³/mol. The summed E-state index contributed by atoms with van der Waals surface area (Å²) in [4.78, 5) is 46.3. The van der Waals surface area contributed by atoms with Crippen molar-refractivity contribution < 1.29 is 97.1 Å². The molecule has 0 aromatic heterocycles. The first-order chi connectivity index (χ1) is 14.2. The number of aliphatic hydroxyl groups excluding tert-OH is 1. The van der Waals surface area contributed by atoms with Gasteiger partial charge in [0.05, 0.1) is 13.9 Å². The molecule has 11 heteroatoms. The Kier molecular flexibility index (Phi) is 8.84. The van der Waals surface area contributed by atoms with Gasteiger partial charge >= 0.3 is 59.1 Å². The topological polar surface area (TPSA) is 127 Å². The molecule has 0 aromatic carbocycles. The van der Waals surface area contributed by atoms with E-state index in [4.69, 9.17) is 0 Å². The van der Waals surface area contributed by atoms with Crippen LogP contribution in [0.3, 0.4) is 0 Å². The summed E-state index contributed by atoms with van der Waals surface area (Å²) in [6.45, 7) is 4.36. The van der Waals surface area contributed by atoms with Crippen LogP contribution in [0.5, 0.6) is 0 Å². The summed E-state index contributed by atoms with van der Waals surface area (Å²) in [6, 6.07) is 0.